The van der Waals surface area contributed by atoms with Crippen LogP contribution >= 0.6 is 23.1 Å². The van der Waals surface area contributed by atoms with Gasteiger partial charge in [-0.05, 0) is 49.2 Å². The van der Waals surface area contributed by atoms with E-state index in [2.05, 4.69) is 64.3 Å². The summed E-state index contributed by atoms with van der Waals surface area (Å²) < 4.78 is 7.65. The SMILES string of the molecule is Cc1ccccc1N1CCN(C(=O)c2csc(CSc3nnc(-c4ccco4)n3-c3ccccc3C)n2)CC1. The summed E-state index contributed by atoms with van der Waals surface area (Å²) in [6.07, 6.45) is 1.63. The first-order valence-corrected chi connectivity index (χ1v) is 14.7. The lowest BCUT2D eigenvalue weighted by Gasteiger charge is -2.36. The van der Waals surface area contributed by atoms with Gasteiger partial charge < -0.3 is 14.2 Å². The number of para-hydroxylation sites is 2. The van der Waals surface area contributed by atoms with Gasteiger partial charge in [0.05, 0.1) is 17.7 Å². The predicted octanol–water partition coefficient (Wildman–Crippen LogP) is 5.86. The van der Waals surface area contributed by atoms with Crippen LogP contribution in [0.15, 0.2) is 81.9 Å². The average molecular weight is 557 g/mol. The van der Waals surface area contributed by atoms with E-state index in [1.165, 1.54) is 22.6 Å². The third-order valence-corrected chi connectivity index (χ3v) is 8.82. The van der Waals surface area contributed by atoms with Crippen LogP contribution in [0.1, 0.15) is 26.6 Å². The Morgan fingerprint density at radius 3 is 2.33 bits per heavy atom. The fourth-order valence-corrected chi connectivity index (χ4v) is 6.52. The van der Waals surface area contributed by atoms with Gasteiger partial charge >= 0.3 is 0 Å². The lowest BCUT2D eigenvalue weighted by atomic mass is 10.1. The van der Waals surface area contributed by atoms with Crippen molar-refractivity contribution in [3.8, 4) is 17.3 Å². The van der Waals surface area contributed by atoms with Crippen LogP contribution in [0.3, 0.4) is 0 Å². The van der Waals surface area contributed by atoms with Crippen LogP contribution in [0.4, 0.5) is 5.69 Å². The smallest absolute Gasteiger partial charge is 0.273 e. The van der Waals surface area contributed by atoms with Crippen molar-refractivity contribution in [2.24, 2.45) is 0 Å². The van der Waals surface area contributed by atoms with Crippen molar-refractivity contribution in [3.63, 3.8) is 0 Å². The van der Waals surface area contributed by atoms with Gasteiger partial charge in [-0.15, -0.1) is 21.5 Å². The molecule has 0 unspecified atom stereocenters. The number of furan rings is 1. The van der Waals surface area contributed by atoms with Crippen molar-refractivity contribution in [2.75, 3.05) is 31.1 Å². The first-order valence-electron chi connectivity index (χ1n) is 12.8. The second-order valence-electron chi connectivity index (χ2n) is 9.39. The van der Waals surface area contributed by atoms with Crippen LogP contribution in [-0.2, 0) is 5.75 Å². The monoisotopic (exact) mass is 556 g/mol. The molecule has 10 heteroatoms. The van der Waals surface area contributed by atoms with Gasteiger partial charge in [0, 0.05) is 37.2 Å². The first-order chi connectivity index (χ1) is 19.1. The Labute approximate surface area is 235 Å². The number of hydrogen-bond acceptors (Lipinski definition) is 8. The molecule has 0 radical (unpaired) electrons. The van der Waals surface area contributed by atoms with E-state index < -0.39 is 0 Å². The lowest BCUT2D eigenvalue weighted by Crippen LogP contribution is -2.49. The van der Waals surface area contributed by atoms with Crippen LogP contribution in [0.5, 0.6) is 0 Å². The Bertz CT molecular complexity index is 1580. The summed E-state index contributed by atoms with van der Waals surface area (Å²) in [4.78, 5) is 22.2. The highest BCUT2D eigenvalue weighted by atomic mass is 32.2. The van der Waals surface area contributed by atoms with E-state index in [4.69, 9.17) is 4.42 Å². The number of anilines is 1. The molecule has 0 saturated carbocycles. The maximum absolute atomic E-state index is 13.2. The zero-order chi connectivity index (χ0) is 26.8. The molecule has 1 aliphatic heterocycles. The third kappa shape index (κ3) is 5.22. The van der Waals surface area contributed by atoms with Gasteiger partial charge in [-0.2, -0.15) is 0 Å². The molecule has 0 atom stereocenters. The molecule has 0 spiro atoms. The predicted molar refractivity (Wildman–Crippen MR) is 155 cm³/mol. The molecule has 5 aromatic rings. The number of carbonyl (C=O) groups excluding carboxylic acids is 1. The average Bonchev–Trinajstić information content (AvgIpc) is 3.73. The van der Waals surface area contributed by atoms with Gasteiger partial charge in [0.25, 0.3) is 5.91 Å². The highest BCUT2D eigenvalue weighted by Gasteiger charge is 2.25. The van der Waals surface area contributed by atoms with Crippen molar-refractivity contribution in [1.82, 2.24) is 24.6 Å². The van der Waals surface area contributed by atoms with E-state index >= 15 is 0 Å². The minimum absolute atomic E-state index is 0.00452. The maximum atomic E-state index is 13.2. The minimum Gasteiger partial charge on any atom is -0.461 e. The number of piperazine rings is 1. The second kappa shape index (κ2) is 11.1. The zero-order valence-electron chi connectivity index (χ0n) is 21.8. The van der Waals surface area contributed by atoms with Crippen molar-refractivity contribution in [3.05, 3.63) is 94.1 Å². The molecule has 1 aliphatic rings. The fourth-order valence-electron chi connectivity index (χ4n) is 4.79. The topological polar surface area (TPSA) is 80.3 Å². The molecule has 1 amide bonds. The molecule has 0 N–H and O–H groups in total. The highest BCUT2D eigenvalue weighted by Crippen LogP contribution is 2.32. The summed E-state index contributed by atoms with van der Waals surface area (Å²) in [6.45, 7) is 7.19. The number of thiazole rings is 1. The van der Waals surface area contributed by atoms with Crippen molar-refractivity contribution in [2.45, 2.75) is 24.8 Å². The van der Waals surface area contributed by atoms with Crippen molar-refractivity contribution >= 4 is 34.7 Å². The van der Waals surface area contributed by atoms with Gasteiger partial charge in [0.2, 0.25) is 5.82 Å². The molecule has 6 rings (SSSR count). The quantitative estimate of drug-likeness (QED) is 0.233. The summed E-state index contributed by atoms with van der Waals surface area (Å²) >= 11 is 3.05. The van der Waals surface area contributed by atoms with E-state index in [0.29, 0.717) is 36.1 Å². The lowest BCUT2D eigenvalue weighted by molar-refractivity contribution is 0.0741. The largest absolute Gasteiger partial charge is 0.461 e. The van der Waals surface area contributed by atoms with E-state index in [9.17, 15) is 4.79 Å². The molecule has 198 valence electrons. The number of thioether (sulfide) groups is 1. The molecule has 39 heavy (non-hydrogen) atoms. The molecular weight excluding hydrogens is 528 g/mol. The van der Waals surface area contributed by atoms with E-state index in [-0.39, 0.29) is 5.91 Å². The number of rotatable bonds is 7. The number of nitrogens with zero attached hydrogens (tertiary/aromatic N) is 6. The number of aryl methyl sites for hydroxylation is 2. The number of aromatic nitrogens is 4. The van der Waals surface area contributed by atoms with Gasteiger partial charge in [0.15, 0.2) is 10.9 Å². The number of carbonyl (C=O) groups is 1. The van der Waals surface area contributed by atoms with Gasteiger partial charge in [0.1, 0.15) is 10.7 Å². The standard InChI is InChI=1S/C29H28N6O2S2/c1-20-8-3-5-10-23(20)33-13-15-34(16-14-33)28(36)22-18-38-26(30-22)19-39-29-32-31-27(25-12-7-17-37-25)35(29)24-11-6-4-9-21(24)2/h3-12,17-18H,13-16,19H2,1-2H3. The fraction of sp³-hybridized carbons (Fsp3) is 0.241. The normalized spacial score (nSPS) is 13.7. The number of hydrogen-bond donors (Lipinski definition) is 0. The van der Waals surface area contributed by atoms with E-state index in [0.717, 1.165) is 34.5 Å². The van der Waals surface area contributed by atoms with E-state index in [1.807, 2.05) is 45.2 Å². The molecule has 1 saturated heterocycles. The molecule has 8 nitrogen and oxygen atoms in total. The molecule has 1 fully saturated rings. The summed E-state index contributed by atoms with van der Waals surface area (Å²) in [5.41, 5.74) is 5.12. The second-order valence-corrected chi connectivity index (χ2v) is 11.3. The van der Waals surface area contributed by atoms with Crippen molar-refractivity contribution < 1.29 is 9.21 Å². The molecule has 0 bridgehead atoms. The zero-order valence-corrected chi connectivity index (χ0v) is 23.4. The molecular formula is C29H28N6O2S2. The minimum atomic E-state index is -0.00452. The maximum Gasteiger partial charge on any atom is 0.273 e. The molecule has 2 aromatic carbocycles. The summed E-state index contributed by atoms with van der Waals surface area (Å²) in [5.74, 6) is 1.88. The number of benzene rings is 2. The molecule has 4 heterocycles. The van der Waals surface area contributed by atoms with Crippen LogP contribution in [0.25, 0.3) is 17.3 Å². The number of amides is 1. The third-order valence-electron chi connectivity index (χ3n) is 6.85. The summed E-state index contributed by atoms with van der Waals surface area (Å²) in [7, 11) is 0. The van der Waals surface area contributed by atoms with Crippen molar-refractivity contribution in [1.29, 1.82) is 0 Å². The Hall–Kier alpha value is -3.89. The van der Waals surface area contributed by atoms with Crippen LogP contribution in [0, 0.1) is 13.8 Å². The Morgan fingerprint density at radius 2 is 1.64 bits per heavy atom. The highest BCUT2D eigenvalue weighted by molar-refractivity contribution is 7.98. The first kappa shape index (κ1) is 25.4. The van der Waals surface area contributed by atoms with Crippen LogP contribution in [-0.4, -0.2) is 56.7 Å². The van der Waals surface area contributed by atoms with Gasteiger partial charge in [-0.1, -0.05) is 48.2 Å². The Morgan fingerprint density at radius 1 is 0.923 bits per heavy atom. The summed E-state index contributed by atoms with van der Waals surface area (Å²) in [6, 6.07) is 20.3. The van der Waals surface area contributed by atoms with E-state index in [1.54, 1.807) is 18.0 Å². The molecule has 0 aliphatic carbocycles. The van der Waals surface area contributed by atoms with Gasteiger partial charge in [-0.25, -0.2) is 4.98 Å². The summed E-state index contributed by atoms with van der Waals surface area (Å²) in [5, 5.41) is 12.4. The van der Waals surface area contributed by atoms with Crippen LogP contribution < -0.4 is 4.90 Å². The van der Waals surface area contributed by atoms with Gasteiger partial charge in [-0.3, -0.25) is 9.36 Å². The van der Waals surface area contributed by atoms with Crippen LogP contribution in [0.2, 0.25) is 0 Å². The Kier molecular flexibility index (Phi) is 7.21. The Balaban J connectivity index is 1.14. The molecule has 3 aromatic heterocycles.